The van der Waals surface area contributed by atoms with Crippen molar-refractivity contribution in [1.29, 1.82) is 0 Å². The molecule has 1 N–H and O–H groups in total. The second kappa shape index (κ2) is 10.9. The maximum Gasteiger partial charge on any atom is 0.138 e. The van der Waals surface area contributed by atoms with Gasteiger partial charge in [0.15, 0.2) is 0 Å². The van der Waals surface area contributed by atoms with Crippen LogP contribution in [0.15, 0.2) is 102 Å². The molecule has 190 valence electrons. The molecule has 6 rings (SSSR count). The topological polar surface area (TPSA) is 33.6 Å². The predicted octanol–water partition coefficient (Wildman–Crippen LogP) is 9.80. The number of anilines is 1. The number of nitrogens with one attached hydrogen (secondary N) is 1. The van der Waals surface area contributed by atoms with Gasteiger partial charge in [0.25, 0.3) is 0 Å². The van der Waals surface area contributed by atoms with Crippen LogP contribution in [0.1, 0.15) is 40.6 Å². The monoisotopic (exact) mass is 558 g/mol. The Kier molecular flexibility index (Phi) is 7.16. The van der Waals surface area contributed by atoms with Gasteiger partial charge in [-0.15, -0.1) is 0 Å². The number of nitrogens with zero attached hydrogens (tertiary/aromatic N) is 1. The molecule has 0 radical (unpaired) electrons. The second-order valence-corrected chi connectivity index (χ2v) is 10.9. The first-order chi connectivity index (χ1) is 18.5. The van der Waals surface area contributed by atoms with E-state index in [1.807, 2.05) is 30.5 Å². The Balaban J connectivity index is 1.12. The van der Waals surface area contributed by atoms with Crippen LogP contribution >= 0.6 is 34.8 Å². The van der Waals surface area contributed by atoms with E-state index in [1.165, 1.54) is 16.8 Å². The van der Waals surface area contributed by atoms with Crippen LogP contribution < -0.4 is 10.1 Å². The van der Waals surface area contributed by atoms with Gasteiger partial charge in [0, 0.05) is 33.4 Å². The molecule has 38 heavy (non-hydrogen) atoms. The fourth-order valence-corrected chi connectivity index (χ4v) is 6.01. The fourth-order valence-electron chi connectivity index (χ4n) is 5.30. The molecule has 0 unspecified atom stereocenters. The Morgan fingerprint density at radius 2 is 1.74 bits per heavy atom. The average Bonchev–Trinajstić information content (AvgIpc) is 3.43. The van der Waals surface area contributed by atoms with Gasteiger partial charge < -0.3 is 10.1 Å². The molecular formula is C32H25Cl3N2O. The molecule has 0 fully saturated rings. The molecule has 4 aromatic rings. The number of aliphatic imine (C=N–C) groups is 1. The zero-order chi connectivity index (χ0) is 26.1. The molecule has 0 bridgehead atoms. The molecular weight excluding hydrogens is 535 g/mol. The highest BCUT2D eigenvalue weighted by Crippen LogP contribution is 2.49. The molecule has 0 aromatic heterocycles. The third-order valence-corrected chi connectivity index (χ3v) is 8.12. The van der Waals surface area contributed by atoms with Gasteiger partial charge in [0.1, 0.15) is 12.4 Å². The lowest BCUT2D eigenvalue weighted by molar-refractivity contribution is 0.306. The number of halogens is 3. The highest BCUT2D eigenvalue weighted by molar-refractivity contribution is 6.35. The summed E-state index contributed by atoms with van der Waals surface area (Å²) in [6.07, 6.45) is 7.58. The van der Waals surface area contributed by atoms with Gasteiger partial charge in [0.05, 0.1) is 16.8 Å². The standard InChI is InChI=1S/C32H25Cl3N2O/c33-23-12-9-22(28(34)17-23)19-38-31-15-8-20(16-29(31)35)18-36-24-13-10-21(11-14-24)32-27-6-3-5-25(27)26-4-1-2-7-30(26)37-32/h1-5,7-18,25,27,32,37H,6,19H2/t25-,27+,32+/m1/s1. The van der Waals surface area contributed by atoms with Gasteiger partial charge in [-0.2, -0.15) is 0 Å². The first kappa shape index (κ1) is 25.1. The van der Waals surface area contributed by atoms with Crippen LogP contribution in [0, 0.1) is 5.92 Å². The van der Waals surface area contributed by atoms with Crippen molar-refractivity contribution in [2.75, 3.05) is 5.32 Å². The van der Waals surface area contributed by atoms with Crippen molar-refractivity contribution in [3.63, 3.8) is 0 Å². The zero-order valence-electron chi connectivity index (χ0n) is 20.5. The summed E-state index contributed by atoms with van der Waals surface area (Å²) in [6.45, 7) is 0.300. The Bertz CT molecular complexity index is 1530. The van der Waals surface area contributed by atoms with Crippen LogP contribution in [0.5, 0.6) is 5.75 Å². The van der Waals surface area contributed by atoms with Gasteiger partial charge in [-0.3, -0.25) is 4.99 Å². The van der Waals surface area contributed by atoms with E-state index in [2.05, 4.69) is 71.0 Å². The zero-order valence-corrected chi connectivity index (χ0v) is 22.7. The minimum Gasteiger partial charge on any atom is -0.487 e. The summed E-state index contributed by atoms with van der Waals surface area (Å²) < 4.78 is 5.87. The number of para-hydroxylation sites is 1. The van der Waals surface area contributed by atoms with Crippen LogP contribution in [0.4, 0.5) is 11.4 Å². The molecule has 3 atom stereocenters. The largest absolute Gasteiger partial charge is 0.487 e. The van der Waals surface area contributed by atoms with Gasteiger partial charge in [0.2, 0.25) is 0 Å². The van der Waals surface area contributed by atoms with Gasteiger partial charge >= 0.3 is 0 Å². The SMILES string of the molecule is Clc1ccc(COc2ccc(C=Nc3ccc([C@@H]4Nc5ccccc5[C@H]5C=CC[C@@H]54)cc3)cc2Cl)c(Cl)c1. The van der Waals surface area contributed by atoms with E-state index in [-0.39, 0.29) is 6.04 Å². The fraction of sp³-hybridized carbons (Fsp3) is 0.156. The summed E-state index contributed by atoms with van der Waals surface area (Å²) in [4.78, 5) is 4.66. The third-order valence-electron chi connectivity index (χ3n) is 7.24. The molecule has 1 heterocycles. The molecule has 0 amide bonds. The quantitative estimate of drug-likeness (QED) is 0.188. The lowest BCUT2D eigenvalue weighted by Gasteiger charge is -2.37. The second-order valence-electron chi connectivity index (χ2n) is 9.63. The minimum atomic E-state index is 0.275. The highest BCUT2D eigenvalue weighted by Gasteiger charge is 2.37. The molecule has 3 nitrogen and oxygen atoms in total. The van der Waals surface area contributed by atoms with Crippen LogP contribution in [0.2, 0.25) is 15.1 Å². The lowest BCUT2D eigenvalue weighted by atomic mass is 9.77. The van der Waals surface area contributed by atoms with Crippen LogP contribution in [-0.4, -0.2) is 6.21 Å². The molecule has 0 saturated carbocycles. The normalized spacial score (nSPS) is 19.7. The Morgan fingerprint density at radius 3 is 2.55 bits per heavy atom. The number of rotatable bonds is 6. The van der Waals surface area contributed by atoms with E-state index >= 15 is 0 Å². The first-order valence-corrected chi connectivity index (χ1v) is 13.7. The summed E-state index contributed by atoms with van der Waals surface area (Å²) in [5.74, 6) is 1.58. The third kappa shape index (κ3) is 5.19. The maximum atomic E-state index is 6.48. The van der Waals surface area contributed by atoms with Crippen molar-refractivity contribution < 1.29 is 4.74 Å². The Morgan fingerprint density at radius 1 is 0.895 bits per heavy atom. The summed E-state index contributed by atoms with van der Waals surface area (Å²) in [5, 5.41) is 5.44. The number of fused-ring (bicyclic) bond motifs is 3. The van der Waals surface area contributed by atoms with E-state index < -0.39 is 0 Å². The van der Waals surface area contributed by atoms with Crippen LogP contribution in [-0.2, 0) is 6.61 Å². The molecule has 1 aliphatic heterocycles. The molecule has 0 saturated heterocycles. The summed E-state index contributed by atoms with van der Waals surface area (Å²) >= 11 is 18.7. The number of ether oxygens (including phenoxy) is 1. The lowest BCUT2D eigenvalue weighted by Crippen LogP contribution is -2.28. The van der Waals surface area contributed by atoms with E-state index in [1.54, 1.807) is 12.1 Å². The van der Waals surface area contributed by atoms with Crippen LogP contribution in [0.25, 0.3) is 0 Å². The molecule has 6 heteroatoms. The van der Waals surface area contributed by atoms with Crippen molar-refractivity contribution in [3.8, 4) is 5.75 Å². The predicted molar refractivity (Wildman–Crippen MR) is 159 cm³/mol. The first-order valence-electron chi connectivity index (χ1n) is 12.6. The van der Waals surface area contributed by atoms with Gasteiger partial charge in [-0.25, -0.2) is 0 Å². The van der Waals surface area contributed by atoms with Crippen molar-refractivity contribution in [2.24, 2.45) is 10.9 Å². The molecule has 0 spiro atoms. The van der Waals surface area contributed by atoms with Crippen molar-refractivity contribution in [2.45, 2.75) is 25.0 Å². The Labute approximate surface area is 237 Å². The summed E-state index contributed by atoms with van der Waals surface area (Å²) in [7, 11) is 0. The van der Waals surface area contributed by atoms with Gasteiger partial charge in [-0.05, 0) is 77.6 Å². The van der Waals surface area contributed by atoms with E-state index in [4.69, 9.17) is 39.5 Å². The summed E-state index contributed by atoms with van der Waals surface area (Å²) in [5.41, 5.74) is 6.53. The van der Waals surface area contributed by atoms with Crippen molar-refractivity contribution >= 4 is 52.4 Å². The molecule has 4 aromatic carbocycles. The molecule has 1 aliphatic carbocycles. The number of allylic oxidation sites excluding steroid dienone is 2. The Hall–Kier alpha value is -3.24. The summed E-state index contributed by atoms with van der Waals surface area (Å²) in [6, 6.07) is 28.4. The van der Waals surface area contributed by atoms with Crippen LogP contribution in [0.3, 0.4) is 0 Å². The van der Waals surface area contributed by atoms with E-state index in [9.17, 15) is 0 Å². The maximum absolute atomic E-state index is 6.48. The number of hydrogen-bond donors (Lipinski definition) is 1. The van der Waals surface area contributed by atoms with Crippen molar-refractivity contribution in [1.82, 2.24) is 0 Å². The number of hydrogen-bond acceptors (Lipinski definition) is 3. The molecule has 2 aliphatic rings. The minimum absolute atomic E-state index is 0.275. The highest BCUT2D eigenvalue weighted by atomic mass is 35.5. The average molecular weight is 560 g/mol. The van der Waals surface area contributed by atoms with Crippen molar-refractivity contribution in [3.05, 3.63) is 134 Å². The smallest absolute Gasteiger partial charge is 0.138 e. The van der Waals surface area contributed by atoms with E-state index in [0.717, 1.165) is 23.2 Å². The van der Waals surface area contributed by atoms with Gasteiger partial charge in [-0.1, -0.05) is 83.4 Å². The number of benzene rings is 4. The van der Waals surface area contributed by atoms with E-state index in [0.29, 0.717) is 39.3 Å².